The van der Waals surface area contributed by atoms with Crippen LogP contribution in [0, 0.1) is 0 Å². The second-order valence-corrected chi connectivity index (χ2v) is 7.87. The van der Waals surface area contributed by atoms with Gasteiger partial charge >= 0.3 is 0 Å². The van der Waals surface area contributed by atoms with Gasteiger partial charge in [-0.3, -0.25) is 14.9 Å². The van der Waals surface area contributed by atoms with E-state index in [1.807, 2.05) is 45.0 Å². The van der Waals surface area contributed by atoms with Crippen LogP contribution in [0.2, 0.25) is 0 Å². The van der Waals surface area contributed by atoms with Crippen LogP contribution in [0.5, 0.6) is 5.75 Å². The van der Waals surface area contributed by atoms with E-state index in [1.54, 1.807) is 16.8 Å². The van der Waals surface area contributed by atoms with E-state index >= 15 is 0 Å². The Hall–Kier alpha value is -3.99. The first-order chi connectivity index (χ1) is 16.4. The zero-order chi connectivity index (χ0) is 24.1. The lowest BCUT2D eigenvalue weighted by atomic mass is 10.1. The van der Waals surface area contributed by atoms with Crippen LogP contribution in [0.1, 0.15) is 32.8 Å². The highest BCUT2D eigenvalue weighted by Crippen LogP contribution is 2.24. The lowest BCUT2D eigenvalue weighted by molar-refractivity contribution is -0.124. The van der Waals surface area contributed by atoms with Crippen LogP contribution < -0.4 is 20.7 Å². The van der Waals surface area contributed by atoms with Gasteiger partial charge in [-0.1, -0.05) is 6.07 Å². The molecule has 1 aromatic carbocycles. The van der Waals surface area contributed by atoms with Gasteiger partial charge in [0.25, 0.3) is 5.91 Å². The molecule has 0 unspecified atom stereocenters. The molecule has 0 atom stereocenters. The summed E-state index contributed by atoms with van der Waals surface area (Å²) in [6, 6.07) is 7.51. The summed E-state index contributed by atoms with van der Waals surface area (Å²) in [7, 11) is 0. The van der Waals surface area contributed by atoms with Crippen LogP contribution in [0.3, 0.4) is 0 Å². The zero-order valence-corrected chi connectivity index (χ0v) is 19.3. The molecule has 1 fully saturated rings. The van der Waals surface area contributed by atoms with Crippen LogP contribution in [0.4, 0.5) is 17.6 Å². The van der Waals surface area contributed by atoms with Gasteiger partial charge in [-0.25, -0.2) is 0 Å². The van der Waals surface area contributed by atoms with Gasteiger partial charge in [0.2, 0.25) is 17.8 Å². The van der Waals surface area contributed by atoms with Gasteiger partial charge in [-0.2, -0.15) is 19.6 Å². The monoisotopic (exact) mass is 465 g/mol. The summed E-state index contributed by atoms with van der Waals surface area (Å²) in [5.74, 6) is 0.779. The number of rotatable bonds is 10. The Balaban J connectivity index is 1.69. The van der Waals surface area contributed by atoms with Gasteiger partial charge in [-0.15, -0.1) is 0 Å². The fourth-order valence-corrected chi connectivity index (χ4v) is 3.40. The number of carbonyl (C=O) groups excluding carboxylic acids is 2. The number of hydrogen-bond acceptors (Lipinski definition) is 9. The Bertz CT molecular complexity index is 1240. The number of carbonyl (C=O) groups is 2. The first-order valence-electron chi connectivity index (χ1n) is 11.1. The zero-order valence-electron chi connectivity index (χ0n) is 19.3. The third-order valence-corrected chi connectivity index (χ3v) is 4.82. The van der Waals surface area contributed by atoms with E-state index < -0.39 is 5.91 Å². The van der Waals surface area contributed by atoms with Gasteiger partial charge < -0.3 is 20.1 Å². The van der Waals surface area contributed by atoms with Crippen molar-refractivity contribution < 1.29 is 19.1 Å². The summed E-state index contributed by atoms with van der Waals surface area (Å²) in [6.45, 7) is 7.49. The van der Waals surface area contributed by atoms with Gasteiger partial charge in [-0.05, 0) is 39.0 Å². The Kier molecular flexibility index (Phi) is 7.02. The van der Waals surface area contributed by atoms with Crippen molar-refractivity contribution in [3.8, 4) is 5.75 Å². The van der Waals surface area contributed by atoms with Crippen molar-refractivity contribution in [2.75, 3.05) is 30.4 Å². The predicted octanol–water partition coefficient (Wildman–Crippen LogP) is 2.53. The molecule has 11 heteroatoms. The molecule has 3 N–H and O–H groups in total. The molecule has 4 rings (SSSR count). The van der Waals surface area contributed by atoms with Gasteiger partial charge in [0, 0.05) is 36.0 Å². The predicted molar refractivity (Wildman–Crippen MR) is 127 cm³/mol. The second kappa shape index (κ2) is 10.3. The molecule has 3 aromatic rings. The largest absolute Gasteiger partial charge is 0.491 e. The van der Waals surface area contributed by atoms with Gasteiger partial charge in [0.05, 0.1) is 25.3 Å². The average molecular weight is 466 g/mol. The Labute approximate surface area is 196 Å². The SMILES string of the molecule is CCOCCNc1nc(Nc2cccc(OC(C)C)c2)nc2c(/C=C3\CC(=O)NC3=O)cnn12. The minimum atomic E-state index is -0.409. The number of fused-ring (bicyclic) bond motifs is 1. The van der Waals surface area contributed by atoms with E-state index in [4.69, 9.17) is 9.47 Å². The van der Waals surface area contributed by atoms with Crippen molar-refractivity contribution in [1.82, 2.24) is 24.9 Å². The van der Waals surface area contributed by atoms with Crippen molar-refractivity contribution in [2.24, 2.45) is 0 Å². The van der Waals surface area contributed by atoms with Crippen molar-refractivity contribution in [1.29, 1.82) is 0 Å². The maximum Gasteiger partial charge on any atom is 0.254 e. The number of nitrogens with zero attached hydrogens (tertiary/aromatic N) is 4. The Morgan fingerprint density at radius 2 is 2.12 bits per heavy atom. The molecular formula is C23H27N7O4. The minimum Gasteiger partial charge on any atom is -0.491 e. The third kappa shape index (κ3) is 5.49. The summed E-state index contributed by atoms with van der Waals surface area (Å²) in [6.07, 6.45) is 3.28. The number of anilines is 3. The normalized spacial score (nSPS) is 14.8. The van der Waals surface area contributed by atoms with Crippen LogP contribution in [0.15, 0.2) is 36.0 Å². The topological polar surface area (TPSA) is 132 Å². The minimum absolute atomic E-state index is 0.0223. The van der Waals surface area contributed by atoms with E-state index in [-0.39, 0.29) is 18.4 Å². The van der Waals surface area contributed by atoms with Gasteiger partial charge in [0.1, 0.15) is 5.75 Å². The highest BCUT2D eigenvalue weighted by Gasteiger charge is 2.24. The van der Waals surface area contributed by atoms with Crippen molar-refractivity contribution in [3.05, 3.63) is 41.6 Å². The standard InChI is InChI=1S/C23H27N7O4/c1-4-33-9-8-24-23-29-22(26-17-6-5-7-18(12-17)34-14(2)3)28-20-16(13-25-30(20)23)10-15-11-19(31)27-21(15)32/h5-7,10,12-14H,4,8-9,11H2,1-3H3,(H,27,31,32)(H2,24,26,28,29)/b15-10+. The molecule has 11 nitrogen and oxygen atoms in total. The van der Waals surface area contributed by atoms with Crippen LogP contribution >= 0.6 is 0 Å². The molecule has 1 aliphatic rings. The van der Waals surface area contributed by atoms with Crippen molar-refractivity contribution in [3.63, 3.8) is 0 Å². The third-order valence-electron chi connectivity index (χ3n) is 4.82. The van der Waals surface area contributed by atoms with Crippen LogP contribution in [-0.2, 0) is 14.3 Å². The summed E-state index contributed by atoms with van der Waals surface area (Å²) in [4.78, 5) is 32.8. The number of benzene rings is 1. The number of amides is 2. The molecule has 1 saturated heterocycles. The van der Waals surface area contributed by atoms with Crippen molar-refractivity contribution >= 4 is 41.1 Å². The van der Waals surface area contributed by atoms with Crippen LogP contribution in [0.25, 0.3) is 11.7 Å². The van der Waals surface area contributed by atoms with Gasteiger partial charge in [0.15, 0.2) is 5.65 Å². The highest BCUT2D eigenvalue weighted by molar-refractivity contribution is 6.15. The summed E-state index contributed by atoms with van der Waals surface area (Å²) < 4.78 is 12.7. The Morgan fingerprint density at radius 3 is 2.85 bits per heavy atom. The summed E-state index contributed by atoms with van der Waals surface area (Å²) >= 11 is 0. The molecule has 0 spiro atoms. The number of aromatic nitrogens is 4. The summed E-state index contributed by atoms with van der Waals surface area (Å²) in [5, 5.41) is 13.1. The highest BCUT2D eigenvalue weighted by atomic mass is 16.5. The molecule has 178 valence electrons. The quantitative estimate of drug-likeness (QED) is 0.235. The molecule has 1 aliphatic heterocycles. The molecular weight excluding hydrogens is 438 g/mol. The molecule has 2 aromatic heterocycles. The Morgan fingerprint density at radius 1 is 1.26 bits per heavy atom. The first-order valence-corrected chi connectivity index (χ1v) is 11.1. The molecule has 0 radical (unpaired) electrons. The molecule has 0 aliphatic carbocycles. The second-order valence-electron chi connectivity index (χ2n) is 7.87. The van der Waals surface area contributed by atoms with Crippen molar-refractivity contribution in [2.45, 2.75) is 33.3 Å². The van der Waals surface area contributed by atoms with E-state index in [0.29, 0.717) is 48.4 Å². The number of ether oxygens (including phenoxy) is 2. The molecule has 34 heavy (non-hydrogen) atoms. The number of hydrogen-bond donors (Lipinski definition) is 3. The molecule has 0 bridgehead atoms. The number of nitrogens with one attached hydrogen (secondary N) is 3. The van der Waals surface area contributed by atoms with E-state index in [9.17, 15) is 9.59 Å². The maximum atomic E-state index is 12.0. The molecule has 0 saturated carbocycles. The smallest absolute Gasteiger partial charge is 0.254 e. The lowest BCUT2D eigenvalue weighted by Crippen LogP contribution is -2.19. The molecule has 3 heterocycles. The maximum absolute atomic E-state index is 12.0. The summed E-state index contributed by atoms with van der Waals surface area (Å²) in [5.41, 5.74) is 2.18. The van der Waals surface area contributed by atoms with Crippen LogP contribution in [-0.4, -0.2) is 57.3 Å². The average Bonchev–Trinajstić information content (AvgIpc) is 3.33. The van der Waals surface area contributed by atoms with E-state index in [2.05, 4.69) is 31.0 Å². The fraction of sp³-hybridized carbons (Fsp3) is 0.348. The fourth-order valence-electron chi connectivity index (χ4n) is 3.40. The lowest BCUT2D eigenvalue weighted by Gasteiger charge is -2.13. The molecule has 2 amide bonds. The van der Waals surface area contributed by atoms with E-state index in [1.165, 1.54) is 0 Å². The van der Waals surface area contributed by atoms with E-state index in [0.717, 1.165) is 11.4 Å². The number of imide groups is 1. The first kappa shape index (κ1) is 23.2.